The Morgan fingerprint density at radius 3 is 2.50 bits per heavy atom. The molecule has 1 aromatic heterocycles. The standard InChI is InChI=1S/C12H12N2O.ClH/c13-11-6-1-2-7-12(11)15-9-10-5-3-4-8-14-10;/h1-8H,9,13H2;1H. The molecule has 0 aliphatic rings. The summed E-state index contributed by atoms with van der Waals surface area (Å²) in [5.41, 5.74) is 7.28. The van der Waals surface area contributed by atoms with Gasteiger partial charge in [-0.05, 0) is 24.3 Å². The Hall–Kier alpha value is -1.74. The molecule has 0 radical (unpaired) electrons. The molecule has 3 nitrogen and oxygen atoms in total. The Balaban J connectivity index is 0.00000128. The molecule has 0 fully saturated rings. The third-order valence-corrected chi connectivity index (χ3v) is 2.02. The van der Waals surface area contributed by atoms with Gasteiger partial charge in [-0.2, -0.15) is 0 Å². The Morgan fingerprint density at radius 1 is 1.06 bits per heavy atom. The van der Waals surface area contributed by atoms with Crippen LogP contribution in [-0.4, -0.2) is 4.98 Å². The first-order chi connectivity index (χ1) is 7.36. The fourth-order valence-corrected chi connectivity index (χ4v) is 1.25. The van der Waals surface area contributed by atoms with Crippen molar-refractivity contribution in [1.29, 1.82) is 0 Å². The van der Waals surface area contributed by atoms with Crippen LogP contribution in [0.15, 0.2) is 48.7 Å². The minimum atomic E-state index is 0. The first kappa shape index (κ1) is 12.3. The molecule has 0 spiro atoms. The second kappa shape index (κ2) is 5.98. The SMILES string of the molecule is Cl.Nc1ccccc1OCc1ccccn1. The number of rotatable bonds is 3. The smallest absolute Gasteiger partial charge is 0.142 e. The zero-order chi connectivity index (χ0) is 10.5. The quantitative estimate of drug-likeness (QED) is 0.834. The Bertz CT molecular complexity index is 434. The second-order valence-corrected chi connectivity index (χ2v) is 3.15. The van der Waals surface area contributed by atoms with Crippen molar-refractivity contribution < 1.29 is 4.74 Å². The van der Waals surface area contributed by atoms with E-state index >= 15 is 0 Å². The van der Waals surface area contributed by atoms with Crippen LogP contribution in [0.1, 0.15) is 5.69 Å². The van der Waals surface area contributed by atoms with Crippen molar-refractivity contribution in [3.8, 4) is 5.75 Å². The van der Waals surface area contributed by atoms with Gasteiger partial charge in [0.15, 0.2) is 0 Å². The van der Waals surface area contributed by atoms with Gasteiger partial charge >= 0.3 is 0 Å². The van der Waals surface area contributed by atoms with Crippen LogP contribution in [0.4, 0.5) is 5.69 Å². The fourth-order valence-electron chi connectivity index (χ4n) is 1.25. The first-order valence-corrected chi connectivity index (χ1v) is 4.73. The third kappa shape index (κ3) is 3.14. The van der Waals surface area contributed by atoms with E-state index in [9.17, 15) is 0 Å². The lowest BCUT2D eigenvalue weighted by atomic mass is 10.3. The van der Waals surface area contributed by atoms with Crippen LogP contribution < -0.4 is 10.5 Å². The van der Waals surface area contributed by atoms with E-state index in [0.29, 0.717) is 18.0 Å². The number of anilines is 1. The van der Waals surface area contributed by atoms with Gasteiger partial charge in [0.2, 0.25) is 0 Å². The van der Waals surface area contributed by atoms with Gasteiger partial charge in [0.25, 0.3) is 0 Å². The van der Waals surface area contributed by atoms with E-state index < -0.39 is 0 Å². The maximum Gasteiger partial charge on any atom is 0.142 e. The van der Waals surface area contributed by atoms with Gasteiger partial charge in [-0.25, -0.2) is 0 Å². The summed E-state index contributed by atoms with van der Waals surface area (Å²) in [5.74, 6) is 0.697. The van der Waals surface area contributed by atoms with Gasteiger partial charge < -0.3 is 10.5 Å². The normalized spacial score (nSPS) is 9.25. The largest absolute Gasteiger partial charge is 0.485 e. The molecular formula is C12H13ClN2O. The van der Waals surface area contributed by atoms with E-state index in [-0.39, 0.29) is 12.4 Å². The number of aromatic nitrogens is 1. The number of para-hydroxylation sites is 2. The molecule has 0 unspecified atom stereocenters. The molecule has 2 N–H and O–H groups in total. The van der Waals surface area contributed by atoms with Crippen molar-refractivity contribution in [1.82, 2.24) is 4.98 Å². The van der Waals surface area contributed by atoms with Gasteiger partial charge in [-0.15, -0.1) is 12.4 Å². The van der Waals surface area contributed by atoms with E-state index in [1.165, 1.54) is 0 Å². The van der Waals surface area contributed by atoms with E-state index in [0.717, 1.165) is 5.69 Å². The van der Waals surface area contributed by atoms with E-state index in [2.05, 4.69) is 4.98 Å². The molecule has 2 aromatic rings. The van der Waals surface area contributed by atoms with E-state index in [1.807, 2.05) is 42.5 Å². The predicted octanol–water partition coefficient (Wildman–Crippen LogP) is 2.66. The minimum Gasteiger partial charge on any atom is -0.485 e. The first-order valence-electron chi connectivity index (χ1n) is 4.73. The summed E-state index contributed by atoms with van der Waals surface area (Å²) in [6.45, 7) is 0.440. The summed E-state index contributed by atoms with van der Waals surface area (Å²) in [5, 5.41) is 0. The van der Waals surface area contributed by atoms with Crippen LogP contribution in [0.2, 0.25) is 0 Å². The second-order valence-electron chi connectivity index (χ2n) is 3.15. The lowest BCUT2D eigenvalue weighted by molar-refractivity contribution is 0.303. The van der Waals surface area contributed by atoms with Gasteiger partial charge in [0.1, 0.15) is 12.4 Å². The van der Waals surface area contributed by atoms with E-state index in [4.69, 9.17) is 10.5 Å². The molecule has 2 rings (SSSR count). The van der Waals surface area contributed by atoms with Crippen molar-refractivity contribution >= 4 is 18.1 Å². The monoisotopic (exact) mass is 236 g/mol. The summed E-state index contributed by atoms with van der Waals surface area (Å²) >= 11 is 0. The van der Waals surface area contributed by atoms with Crippen LogP contribution >= 0.6 is 12.4 Å². The summed E-state index contributed by atoms with van der Waals surface area (Å²) in [7, 11) is 0. The van der Waals surface area contributed by atoms with Gasteiger partial charge in [0.05, 0.1) is 11.4 Å². The topological polar surface area (TPSA) is 48.1 Å². The predicted molar refractivity (Wildman–Crippen MR) is 66.7 cm³/mol. The van der Waals surface area contributed by atoms with Crippen LogP contribution in [-0.2, 0) is 6.61 Å². The molecule has 16 heavy (non-hydrogen) atoms. The number of hydrogen-bond donors (Lipinski definition) is 1. The van der Waals surface area contributed by atoms with Crippen LogP contribution in [0.3, 0.4) is 0 Å². The van der Waals surface area contributed by atoms with Gasteiger partial charge in [0, 0.05) is 6.20 Å². The Kier molecular flexibility index (Phi) is 4.61. The highest BCUT2D eigenvalue weighted by molar-refractivity contribution is 5.85. The maximum atomic E-state index is 5.74. The summed E-state index contributed by atoms with van der Waals surface area (Å²) in [4.78, 5) is 4.16. The summed E-state index contributed by atoms with van der Waals surface area (Å²) in [6.07, 6.45) is 1.74. The molecule has 84 valence electrons. The number of ether oxygens (including phenoxy) is 1. The molecule has 0 bridgehead atoms. The molecule has 0 saturated heterocycles. The summed E-state index contributed by atoms with van der Waals surface area (Å²) in [6, 6.07) is 13.2. The highest BCUT2D eigenvalue weighted by Crippen LogP contribution is 2.20. The third-order valence-electron chi connectivity index (χ3n) is 2.02. The maximum absolute atomic E-state index is 5.74. The lowest BCUT2D eigenvalue weighted by Crippen LogP contribution is -1.99. The molecule has 0 saturated carbocycles. The fraction of sp³-hybridized carbons (Fsp3) is 0.0833. The van der Waals surface area contributed by atoms with Crippen LogP contribution in [0, 0.1) is 0 Å². The number of hydrogen-bond acceptors (Lipinski definition) is 3. The number of nitrogens with zero attached hydrogens (tertiary/aromatic N) is 1. The highest BCUT2D eigenvalue weighted by atomic mass is 35.5. The molecule has 1 aromatic carbocycles. The Morgan fingerprint density at radius 2 is 1.81 bits per heavy atom. The van der Waals surface area contributed by atoms with Gasteiger partial charge in [-0.3, -0.25) is 4.98 Å². The number of halogens is 1. The Labute approximate surface area is 101 Å². The molecule has 0 atom stereocenters. The van der Waals surface area contributed by atoms with E-state index in [1.54, 1.807) is 6.20 Å². The highest BCUT2D eigenvalue weighted by Gasteiger charge is 1.99. The zero-order valence-corrected chi connectivity index (χ0v) is 9.48. The van der Waals surface area contributed by atoms with Crippen molar-refractivity contribution in [2.24, 2.45) is 0 Å². The molecule has 0 amide bonds. The van der Waals surface area contributed by atoms with Gasteiger partial charge in [-0.1, -0.05) is 18.2 Å². The number of benzene rings is 1. The van der Waals surface area contributed by atoms with Crippen molar-refractivity contribution in [2.75, 3.05) is 5.73 Å². The number of nitrogen functional groups attached to an aromatic ring is 1. The molecule has 0 aliphatic carbocycles. The van der Waals surface area contributed by atoms with Crippen LogP contribution in [0.25, 0.3) is 0 Å². The average molecular weight is 237 g/mol. The van der Waals surface area contributed by atoms with Crippen molar-refractivity contribution in [3.05, 3.63) is 54.4 Å². The van der Waals surface area contributed by atoms with Crippen molar-refractivity contribution in [3.63, 3.8) is 0 Å². The lowest BCUT2D eigenvalue weighted by Gasteiger charge is -2.07. The molecule has 1 heterocycles. The molecule has 0 aliphatic heterocycles. The number of nitrogens with two attached hydrogens (primary N) is 1. The minimum absolute atomic E-state index is 0. The summed E-state index contributed by atoms with van der Waals surface area (Å²) < 4.78 is 5.54. The van der Waals surface area contributed by atoms with Crippen LogP contribution in [0.5, 0.6) is 5.75 Å². The molecule has 4 heteroatoms. The van der Waals surface area contributed by atoms with Crippen molar-refractivity contribution in [2.45, 2.75) is 6.61 Å². The molecular weight excluding hydrogens is 224 g/mol. The number of pyridine rings is 1. The average Bonchev–Trinajstić information content (AvgIpc) is 2.29. The zero-order valence-electron chi connectivity index (χ0n) is 8.67.